The number of aromatic nitrogens is 2. The van der Waals surface area contributed by atoms with E-state index in [1.54, 1.807) is 53.1 Å². The van der Waals surface area contributed by atoms with Crippen LogP contribution in [0.2, 0.25) is 0 Å². The summed E-state index contributed by atoms with van der Waals surface area (Å²) in [5.41, 5.74) is 1.72. The van der Waals surface area contributed by atoms with Gasteiger partial charge in [-0.2, -0.15) is 13.2 Å². The maximum absolute atomic E-state index is 13.4. The van der Waals surface area contributed by atoms with Crippen molar-refractivity contribution in [2.45, 2.75) is 44.6 Å². The Balaban J connectivity index is 1.65. The average Bonchev–Trinajstić information content (AvgIpc) is 3.05. The maximum atomic E-state index is 13.4. The Hall–Kier alpha value is -2.98. The van der Waals surface area contributed by atoms with Crippen molar-refractivity contribution in [3.8, 4) is 0 Å². The zero-order chi connectivity index (χ0) is 25.2. The third-order valence-electron chi connectivity index (χ3n) is 6.96. The van der Waals surface area contributed by atoms with Gasteiger partial charge in [0.05, 0.1) is 18.4 Å². The molecule has 2 bridgehead atoms. The molecule has 0 radical (unpaired) electrons. The van der Waals surface area contributed by atoms with Gasteiger partial charge in [-0.15, -0.1) is 0 Å². The highest BCUT2D eigenvalue weighted by molar-refractivity contribution is 5.80. The van der Waals surface area contributed by atoms with Crippen molar-refractivity contribution >= 4 is 12.0 Å². The molecule has 4 heterocycles. The fraction of sp³-hybridized carbons (Fsp3) is 0.480. The number of alkyl halides is 3. The zero-order valence-corrected chi connectivity index (χ0v) is 19.4. The van der Waals surface area contributed by atoms with Gasteiger partial charge in [0.2, 0.25) is 5.91 Å². The minimum atomic E-state index is -4.36. The summed E-state index contributed by atoms with van der Waals surface area (Å²) in [5, 5.41) is 13.1. The Morgan fingerprint density at radius 3 is 2.66 bits per heavy atom. The number of pyridine rings is 2. The molecule has 4 rings (SSSR count). The second kappa shape index (κ2) is 10.3. The van der Waals surface area contributed by atoms with E-state index in [4.69, 9.17) is 0 Å². The summed E-state index contributed by atoms with van der Waals surface area (Å²) in [4.78, 5) is 32.1. The van der Waals surface area contributed by atoms with E-state index < -0.39 is 36.5 Å². The van der Waals surface area contributed by atoms with E-state index >= 15 is 0 Å². The molecule has 10 heteroatoms. The van der Waals surface area contributed by atoms with Crippen molar-refractivity contribution in [2.75, 3.05) is 19.7 Å². The van der Waals surface area contributed by atoms with Crippen LogP contribution in [-0.2, 0) is 17.8 Å². The molecule has 1 amide bonds. The van der Waals surface area contributed by atoms with E-state index in [2.05, 4.69) is 10.3 Å². The van der Waals surface area contributed by atoms with Gasteiger partial charge in [-0.05, 0) is 43.2 Å². The zero-order valence-electron chi connectivity index (χ0n) is 19.4. The highest BCUT2D eigenvalue weighted by Gasteiger charge is 2.56. The van der Waals surface area contributed by atoms with Crippen LogP contribution < -0.4 is 10.9 Å². The van der Waals surface area contributed by atoms with E-state index in [0.29, 0.717) is 24.2 Å². The first-order valence-electron chi connectivity index (χ1n) is 11.7. The second-order valence-corrected chi connectivity index (χ2v) is 9.01. The summed E-state index contributed by atoms with van der Waals surface area (Å²) < 4.78 is 40.9. The molecular weight excluding hydrogens is 461 g/mol. The molecule has 2 aliphatic heterocycles. The highest BCUT2D eigenvalue weighted by Crippen LogP contribution is 2.48. The molecule has 1 saturated heterocycles. The molecule has 0 saturated carbocycles. The fourth-order valence-electron chi connectivity index (χ4n) is 5.41. The summed E-state index contributed by atoms with van der Waals surface area (Å²) in [5.74, 6) is -1.71. The molecule has 7 nitrogen and oxygen atoms in total. The van der Waals surface area contributed by atoms with Crippen molar-refractivity contribution < 1.29 is 23.1 Å². The predicted molar refractivity (Wildman–Crippen MR) is 124 cm³/mol. The van der Waals surface area contributed by atoms with Gasteiger partial charge in [0.25, 0.3) is 5.56 Å². The van der Waals surface area contributed by atoms with Crippen molar-refractivity contribution in [1.82, 2.24) is 19.8 Å². The summed E-state index contributed by atoms with van der Waals surface area (Å²) in [6.45, 7) is 1.59. The molecule has 188 valence electrons. The van der Waals surface area contributed by atoms with Crippen LogP contribution >= 0.6 is 0 Å². The second-order valence-electron chi connectivity index (χ2n) is 9.01. The third kappa shape index (κ3) is 5.18. The van der Waals surface area contributed by atoms with E-state index in [9.17, 15) is 27.9 Å². The number of fused-ring (bicyclic) bond motifs is 4. The quantitative estimate of drug-likeness (QED) is 0.594. The topological polar surface area (TPSA) is 87.5 Å². The van der Waals surface area contributed by atoms with Crippen LogP contribution in [0.15, 0.2) is 47.5 Å². The van der Waals surface area contributed by atoms with Crippen molar-refractivity contribution in [1.29, 1.82) is 0 Å². The van der Waals surface area contributed by atoms with E-state index in [-0.39, 0.29) is 31.2 Å². The van der Waals surface area contributed by atoms with Crippen LogP contribution in [0, 0.1) is 11.8 Å². The number of nitrogens with one attached hydrogen (secondary N) is 1. The lowest BCUT2D eigenvalue weighted by Crippen LogP contribution is -2.47. The Labute approximate surface area is 201 Å². The molecule has 0 spiro atoms. The van der Waals surface area contributed by atoms with Gasteiger partial charge >= 0.3 is 6.18 Å². The molecule has 2 aliphatic rings. The van der Waals surface area contributed by atoms with Gasteiger partial charge in [0, 0.05) is 61.9 Å². The largest absolute Gasteiger partial charge is 0.396 e. The fourth-order valence-corrected chi connectivity index (χ4v) is 5.41. The Kier molecular flexibility index (Phi) is 7.42. The Morgan fingerprint density at radius 2 is 2.00 bits per heavy atom. The number of halogens is 3. The standard InChI is InChI=1S/C25H29F3N4O3/c1-2-3-17-4-5-19-22-21(23(34)30-12-8-16-6-10-29-11-7-16)18(15-33)20(14-32(19)24(17)35)31(22)13-9-25(26,27)28/h2-7,10-11,18,20-22,33H,8-9,12-15H2,1H3,(H,30,34)/b3-2-/t18-,20-,21+,22+/m1/s1. The average molecular weight is 491 g/mol. The molecule has 2 N–H and O–H groups in total. The summed E-state index contributed by atoms with van der Waals surface area (Å²) in [6.07, 6.45) is 1.92. The number of carbonyl (C=O) groups is 1. The van der Waals surface area contributed by atoms with Crippen molar-refractivity contribution in [3.63, 3.8) is 0 Å². The first-order valence-corrected chi connectivity index (χ1v) is 11.7. The summed E-state index contributed by atoms with van der Waals surface area (Å²) in [7, 11) is 0. The minimum Gasteiger partial charge on any atom is -0.396 e. The summed E-state index contributed by atoms with van der Waals surface area (Å²) >= 11 is 0. The smallest absolute Gasteiger partial charge is 0.390 e. The van der Waals surface area contributed by atoms with Crippen molar-refractivity contribution in [3.05, 3.63) is 69.9 Å². The lowest BCUT2D eigenvalue weighted by Gasteiger charge is -2.38. The number of hydrogen-bond acceptors (Lipinski definition) is 5. The minimum absolute atomic E-state index is 0.125. The number of aliphatic hydroxyl groups excluding tert-OH is 1. The van der Waals surface area contributed by atoms with Crippen LogP contribution in [0.3, 0.4) is 0 Å². The first kappa shape index (κ1) is 25.1. The third-order valence-corrected chi connectivity index (χ3v) is 6.96. The number of amides is 1. The summed E-state index contributed by atoms with van der Waals surface area (Å²) in [6, 6.07) is 5.75. The van der Waals surface area contributed by atoms with Gasteiger partial charge in [0.1, 0.15) is 0 Å². The number of allylic oxidation sites excluding steroid dienone is 1. The van der Waals surface area contributed by atoms with Crippen LogP contribution in [0.25, 0.3) is 6.08 Å². The molecule has 2 aromatic rings. The van der Waals surface area contributed by atoms with E-state index in [1.165, 1.54) is 0 Å². The highest BCUT2D eigenvalue weighted by atomic mass is 19.4. The van der Waals surface area contributed by atoms with Gasteiger partial charge in [-0.25, -0.2) is 0 Å². The predicted octanol–water partition coefficient (Wildman–Crippen LogP) is 2.55. The van der Waals surface area contributed by atoms with Gasteiger partial charge in [0.15, 0.2) is 0 Å². The molecule has 0 aliphatic carbocycles. The SMILES string of the molecule is C/C=C\c1ccc2n(c1=O)C[C@@H]1[C@@H](CO)[C@H](C(=O)NCCc3ccncc3)[C@H]2N1CCC(F)(F)F. The number of carbonyl (C=O) groups excluding carboxylic acids is 1. The van der Waals surface area contributed by atoms with Crippen molar-refractivity contribution in [2.24, 2.45) is 11.8 Å². The maximum Gasteiger partial charge on any atom is 0.390 e. The van der Waals surface area contributed by atoms with E-state index in [1.807, 2.05) is 12.1 Å². The van der Waals surface area contributed by atoms with Crippen LogP contribution in [0.5, 0.6) is 0 Å². The number of aliphatic hydroxyl groups is 1. The molecule has 0 unspecified atom stereocenters. The first-order chi connectivity index (χ1) is 16.7. The molecule has 0 aromatic carbocycles. The van der Waals surface area contributed by atoms with Gasteiger partial charge < -0.3 is 15.0 Å². The van der Waals surface area contributed by atoms with Crippen LogP contribution in [0.1, 0.15) is 36.2 Å². The normalized spacial score (nSPS) is 24.0. The lowest BCUT2D eigenvalue weighted by atomic mass is 9.86. The molecular formula is C25H29F3N4O3. The Bertz CT molecular complexity index is 1130. The molecule has 1 fully saturated rings. The molecule has 4 atom stereocenters. The van der Waals surface area contributed by atoms with Crippen LogP contribution in [0.4, 0.5) is 13.2 Å². The van der Waals surface area contributed by atoms with Gasteiger partial charge in [-0.1, -0.05) is 12.2 Å². The Morgan fingerprint density at radius 1 is 1.26 bits per heavy atom. The lowest BCUT2D eigenvalue weighted by molar-refractivity contribution is -0.140. The monoisotopic (exact) mass is 490 g/mol. The van der Waals surface area contributed by atoms with E-state index in [0.717, 1.165) is 5.56 Å². The van der Waals surface area contributed by atoms with Gasteiger partial charge in [-0.3, -0.25) is 19.5 Å². The molecule has 35 heavy (non-hydrogen) atoms. The number of hydrogen-bond donors (Lipinski definition) is 2. The van der Waals surface area contributed by atoms with Crippen LogP contribution in [-0.4, -0.2) is 57.4 Å². The number of rotatable bonds is 8. The number of nitrogens with zero attached hydrogens (tertiary/aromatic N) is 3. The molecule has 2 aromatic heterocycles.